The molecule has 0 saturated carbocycles. The van der Waals surface area contributed by atoms with Crippen LogP contribution in [-0.4, -0.2) is 56.4 Å². The van der Waals surface area contributed by atoms with Crippen molar-refractivity contribution in [3.63, 3.8) is 0 Å². The van der Waals surface area contributed by atoms with Crippen molar-refractivity contribution in [2.75, 3.05) is 25.0 Å². The maximum Gasteiger partial charge on any atom is 0.255 e. The highest BCUT2D eigenvalue weighted by Gasteiger charge is 2.24. The molecule has 0 unspecified atom stereocenters. The number of pyridine rings is 1. The Morgan fingerprint density at radius 3 is 2.80 bits per heavy atom. The number of aliphatic hydroxyl groups is 1. The summed E-state index contributed by atoms with van der Waals surface area (Å²) in [4.78, 5) is 18.8. The van der Waals surface area contributed by atoms with Crippen molar-refractivity contribution >= 4 is 11.7 Å². The van der Waals surface area contributed by atoms with Crippen molar-refractivity contribution in [1.82, 2.24) is 19.7 Å². The first-order valence-electron chi connectivity index (χ1n) is 8.76. The molecule has 1 fully saturated rings. The predicted octanol–water partition coefficient (Wildman–Crippen LogP) is 1.62. The highest BCUT2D eigenvalue weighted by molar-refractivity contribution is 5.94. The molecule has 3 heterocycles. The molecule has 7 nitrogen and oxygen atoms in total. The van der Waals surface area contributed by atoms with Crippen molar-refractivity contribution in [3.8, 4) is 0 Å². The van der Waals surface area contributed by atoms with E-state index in [-0.39, 0.29) is 5.91 Å². The number of likely N-dealkylation sites (tertiary alicyclic amines) is 1. The van der Waals surface area contributed by atoms with E-state index in [1.165, 1.54) is 0 Å². The van der Waals surface area contributed by atoms with E-state index in [1.807, 2.05) is 21.8 Å². The summed E-state index contributed by atoms with van der Waals surface area (Å²) in [7, 11) is 0. The van der Waals surface area contributed by atoms with Gasteiger partial charge in [0.15, 0.2) is 0 Å². The van der Waals surface area contributed by atoms with Gasteiger partial charge in [0, 0.05) is 44.8 Å². The topological polar surface area (TPSA) is 83.3 Å². The summed E-state index contributed by atoms with van der Waals surface area (Å²) in [6.07, 6.45) is 6.93. The van der Waals surface area contributed by atoms with E-state index in [4.69, 9.17) is 0 Å². The number of hydrogen-bond acceptors (Lipinski definition) is 5. The van der Waals surface area contributed by atoms with Crippen LogP contribution in [0.25, 0.3) is 0 Å². The third-order valence-corrected chi connectivity index (χ3v) is 4.50. The van der Waals surface area contributed by atoms with E-state index < -0.39 is 6.10 Å². The molecule has 2 aromatic heterocycles. The summed E-state index contributed by atoms with van der Waals surface area (Å²) >= 11 is 0. The van der Waals surface area contributed by atoms with Crippen LogP contribution < -0.4 is 5.32 Å². The molecule has 134 valence electrons. The first-order valence-corrected chi connectivity index (χ1v) is 8.76. The Hall–Kier alpha value is -2.41. The van der Waals surface area contributed by atoms with Crippen LogP contribution in [-0.2, 0) is 6.54 Å². The van der Waals surface area contributed by atoms with Gasteiger partial charge in [0.05, 0.1) is 11.7 Å². The number of aliphatic hydroxyl groups excluding tert-OH is 1. The van der Waals surface area contributed by atoms with Crippen LogP contribution in [0.15, 0.2) is 36.8 Å². The van der Waals surface area contributed by atoms with Crippen LogP contribution in [0.4, 0.5) is 5.82 Å². The minimum Gasteiger partial charge on any atom is -0.392 e. The summed E-state index contributed by atoms with van der Waals surface area (Å²) in [5.74, 6) is 1.26. The molecule has 3 rings (SSSR count). The van der Waals surface area contributed by atoms with Gasteiger partial charge >= 0.3 is 0 Å². The van der Waals surface area contributed by atoms with Gasteiger partial charge in [-0.3, -0.25) is 9.48 Å². The van der Waals surface area contributed by atoms with Crippen molar-refractivity contribution in [2.24, 2.45) is 5.92 Å². The van der Waals surface area contributed by atoms with Crippen molar-refractivity contribution in [1.29, 1.82) is 0 Å². The number of aromatic nitrogens is 3. The Morgan fingerprint density at radius 2 is 2.20 bits per heavy atom. The zero-order valence-corrected chi connectivity index (χ0v) is 14.5. The Labute approximate surface area is 147 Å². The van der Waals surface area contributed by atoms with E-state index >= 15 is 0 Å². The minimum atomic E-state index is -0.439. The number of nitrogens with one attached hydrogen (secondary N) is 1. The monoisotopic (exact) mass is 343 g/mol. The summed E-state index contributed by atoms with van der Waals surface area (Å²) in [6, 6.07) is 5.50. The van der Waals surface area contributed by atoms with Gasteiger partial charge in [-0.25, -0.2) is 4.98 Å². The molecule has 1 amide bonds. The molecule has 0 aliphatic carbocycles. The minimum absolute atomic E-state index is 0.0344. The molecule has 0 spiro atoms. The van der Waals surface area contributed by atoms with Gasteiger partial charge in [0.25, 0.3) is 5.91 Å². The molecule has 0 bridgehead atoms. The third-order valence-electron chi connectivity index (χ3n) is 4.50. The lowest BCUT2D eigenvalue weighted by atomic mass is 9.96. The summed E-state index contributed by atoms with van der Waals surface area (Å²) in [6.45, 7) is 4.60. The fraction of sp³-hybridized carbons (Fsp3) is 0.500. The van der Waals surface area contributed by atoms with E-state index in [0.717, 1.165) is 32.5 Å². The van der Waals surface area contributed by atoms with Gasteiger partial charge in [-0.1, -0.05) is 0 Å². The van der Waals surface area contributed by atoms with Crippen LogP contribution in [0.1, 0.15) is 30.1 Å². The molecular weight excluding hydrogens is 318 g/mol. The molecule has 0 radical (unpaired) electrons. The molecule has 25 heavy (non-hydrogen) atoms. The van der Waals surface area contributed by atoms with E-state index in [1.54, 1.807) is 31.5 Å². The second-order valence-electron chi connectivity index (χ2n) is 6.63. The Bertz CT molecular complexity index is 661. The predicted molar refractivity (Wildman–Crippen MR) is 95.3 cm³/mol. The number of carbonyl (C=O) groups is 1. The quantitative estimate of drug-likeness (QED) is 0.833. The lowest BCUT2D eigenvalue weighted by Gasteiger charge is -2.32. The van der Waals surface area contributed by atoms with Crippen LogP contribution >= 0.6 is 0 Å². The highest BCUT2D eigenvalue weighted by atomic mass is 16.3. The Balaban J connectivity index is 1.50. The maximum atomic E-state index is 12.6. The number of nitrogens with zero attached hydrogens (tertiary/aromatic N) is 4. The number of carbonyl (C=O) groups excluding carboxylic acids is 1. The molecule has 7 heteroatoms. The fourth-order valence-corrected chi connectivity index (χ4v) is 3.05. The highest BCUT2D eigenvalue weighted by Crippen LogP contribution is 2.20. The van der Waals surface area contributed by atoms with Crippen molar-refractivity contribution < 1.29 is 9.90 Å². The van der Waals surface area contributed by atoms with Gasteiger partial charge in [0.1, 0.15) is 5.82 Å². The molecule has 2 aromatic rings. The lowest BCUT2D eigenvalue weighted by Crippen LogP contribution is -2.39. The van der Waals surface area contributed by atoms with Gasteiger partial charge in [0.2, 0.25) is 0 Å². The zero-order chi connectivity index (χ0) is 17.6. The number of amides is 1. The lowest BCUT2D eigenvalue weighted by molar-refractivity contribution is 0.0681. The number of piperidine rings is 1. The molecule has 0 aromatic carbocycles. The van der Waals surface area contributed by atoms with Crippen molar-refractivity contribution in [2.45, 2.75) is 32.4 Å². The zero-order valence-electron chi connectivity index (χ0n) is 14.5. The van der Waals surface area contributed by atoms with Crippen molar-refractivity contribution in [3.05, 3.63) is 42.4 Å². The molecule has 1 saturated heterocycles. The number of hydrogen-bond donors (Lipinski definition) is 2. The summed E-state index contributed by atoms with van der Waals surface area (Å²) < 4.78 is 1.96. The van der Waals surface area contributed by atoms with Gasteiger partial charge < -0.3 is 15.3 Å². The maximum absolute atomic E-state index is 12.6. The molecular formula is C18H25N5O2. The van der Waals surface area contributed by atoms with Gasteiger partial charge in [-0.2, -0.15) is 5.10 Å². The Morgan fingerprint density at radius 1 is 1.40 bits per heavy atom. The molecule has 2 N–H and O–H groups in total. The third kappa shape index (κ3) is 4.79. The van der Waals surface area contributed by atoms with Crippen LogP contribution in [0.2, 0.25) is 0 Å². The van der Waals surface area contributed by atoms with Gasteiger partial charge in [-0.15, -0.1) is 0 Å². The summed E-state index contributed by atoms with van der Waals surface area (Å²) in [5.41, 5.74) is 0.605. The Kier molecular flexibility index (Phi) is 5.65. The largest absolute Gasteiger partial charge is 0.392 e. The first-order chi connectivity index (χ1) is 12.1. The van der Waals surface area contributed by atoms with E-state index in [9.17, 15) is 9.90 Å². The first kappa shape index (κ1) is 17.4. The smallest absolute Gasteiger partial charge is 0.255 e. The summed E-state index contributed by atoms with van der Waals surface area (Å²) in [5, 5.41) is 16.5. The second-order valence-corrected chi connectivity index (χ2v) is 6.63. The second kappa shape index (κ2) is 8.11. The molecule has 1 atom stereocenters. The van der Waals surface area contributed by atoms with Crippen LogP contribution in [0.5, 0.6) is 0 Å². The van der Waals surface area contributed by atoms with Crippen LogP contribution in [0, 0.1) is 5.92 Å². The normalized spacial score (nSPS) is 16.6. The van der Waals surface area contributed by atoms with Gasteiger partial charge in [-0.05, 0) is 43.9 Å². The van der Waals surface area contributed by atoms with Crippen LogP contribution in [0.3, 0.4) is 0 Å². The van der Waals surface area contributed by atoms with E-state index in [0.29, 0.717) is 23.8 Å². The number of anilines is 1. The standard InChI is InChI=1S/C18H25N5O2/c1-14(24)11-19-17-4-3-16(12-20-17)18(25)22-9-5-15(6-10-22)13-23-8-2-7-21-23/h2-4,7-8,12,14-15,24H,5-6,9-11,13H2,1H3,(H,19,20)/t14-/m1/s1. The number of rotatable bonds is 6. The fourth-order valence-electron chi connectivity index (χ4n) is 3.05. The average molecular weight is 343 g/mol. The average Bonchev–Trinajstić information content (AvgIpc) is 3.13. The SMILES string of the molecule is C[C@@H](O)CNc1ccc(C(=O)N2CCC(Cn3cccn3)CC2)cn1. The molecule has 1 aliphatic rings. The van der Waals surface area contributed by atoms with E-state index in [2.05, 4.69) is 15.4 Å². The molecule has 1 aliphatic heterocycles.